The second-order valence-corrected chi connectivity index (χ2v) is 7.49. The van der Waals surface area contributed by atoms with Gasteiger partial charge in [-0.15, -0.1) is 0 Å². The second-order valence-electron chi connectivity index (χ2n) is 7.49. The average Bonchev–Trinajstić information content (AvgIpc) is 3.00. The Kier molecular flexibility index (Phi) is 6.06. The van der Waals surface area contributed by atoms with E-state index in [9.17, 15) is 10.1 Å². The molecule has 8 heteroatoms. The number of carbonyl (C=O) groups excluding carboxylic acids is 1. The van der Waals surface area contributed by atoms with Crippen molar-refractivity contribution >= 4 is 40.0 Å². The Hall–Kier alpha value is -3.08. The van der Waals surface area contributed by atoms with Gasteiger partial charge in [-0.05, 0) is 19.3 Å². The first-order chi connectivity index (χ1) is 14.0. The molecular formula is C21H30N7O+. The van der Waals surface area contributed by atoms with Gasteiger partial charge >= 0.3 is 0 Å². The molecule has 2 aromatic rings. The normalized spacial score (nSPS) is 13.0. The van der Waals surface area contributed by atoms with E-state index < -0.39 is 0 Å². The molecule has 8 nitrogen and oxygen atoms in total. The standard InChI is InChI=1S/C21H29N7O/c1-4-7-10-28-15(29)11-13-16-14(12-22)20(27(8-5-2)9-6-3)25-18(23)17(16)19(24)26-21(13)28/h4-11H2,1-3H3,(H2,23,25)(H2,24,26)/p+1. The number of nitriles is 1. The van der Waals surface area contributed by atoms with E-state index in [4.69, 9.17) is 11.5 Å². The van der Waals surface area contributed by atoms with Crippen molar-refractivity contribution in [1.82, 2.24) is 4.98 Å². The molecule has 0 aromatic carbocycles. The lowest BCUT2D eigenvalue weighted by Crippen LogP contribution is -2.33. The summed E-state index contributed by atoms with van der Waals surface area (Å²) in [6.45, 7) is 8.48. The van der Waals surface area contributed by atoms with Crippen molar-refractivity contribution < 1.29 is 9.78 Å². The number of amides is 1. The number of unbranched alkanes of at least 4 members (excludes halogenated alkanes) is 1. The van der Waals surface area contributed by atoms with Gasteiger partial charge in [0, 0.05) is 17.5 Å². The first-order valence-electron chi connectivity index (χ1n) is 10.4. The highest BCUT2D eigenvalue weighted by Crippen LogP contribution is 2.40. The van der Waals surface area contributed by atoms with Crippen LogP contribution in [-0.4, -0.2) is 30.5 Å². The Balaban J connectivity index is 2.31. The molecule has 2 aromatic heterocycles. The smallest absolute Gasteiger partial charge is 0.240 e. The molecule has 0 unspecified atom stereocenters. The maximum absolute atomic E-state index is 12.7. The lowest BCUT2D eigenvalue weighted by atomic mass is 10.0. The van der Waals surface area contributed by atoms with Gasteiger partial charge < -0.3 is 11.5 Å². The highest BCUT2D eigenvalue weighted by atomic mass is 16.2. The summed E-state index contributed by atoms with van der Waals surface area (Å²) >= 11 is 0. The Morgan fingerprint density at radius 1 is 1.17 bits per heavy atom. The van der Waals surface area contributed by atoms with Gasteiger partial charge in [-0.3, -0.25) is 14.6 Å². The van der Waals surface area contributed by atoms with Crippen molar-refractivity contribution in [2.24, 2.45) is 0 Å². The second kappa shape index (κ2) is 8.52. The number of hydrogen-bond acceptors (Lipinski definition) is 6. The lowest BCUT2D eigenvalue weighted by Gasteiger charge is -2.21. The third-order valence-electron chi connectivity index (χ3n) is 5.35. The van der Waals surface area contributed by atoms with Crippen molar-refractivity contribution in [3.8, 4) is 6.07 Å². The number of aromatic amines is 1. The molecule has 29 heavy (non-hydrogen) atoms. The Bertz CT molecular complexity index is 974. The highest BCUT2D eigenvalue weighted by molar-refractivity contribution is 6.12. The van der Waals surface area contributed by atoms with Gasteiger partial charge in [0.1, 0.15) is 23.3 Å². The number of hydrogen-bond donors (Lipinski definition) is 2. The van der Waals surface area contributed by atoms with Crippen LogP contribution in [0.4, 0.5) is 23.3 Å². The zero-order valence-corrected chi connectivity index (χ0v) is 17.5. The monoisotopic (exact) mass is 396 g/mol. The van der Waals surface area contributed by atoms with E-state index in [0.29, 0.717) is 40.3 Å². The number of carbonyl (C=O) groups is 1. The molecule has 3 heterocycles. The summed E-state index contributed by atoms with van der Waals surface area (Å²) in [6.07, 6.45) is 3.95. The number of anilines is 4. The van der Waals surface area contributed by atoms with E-state index in [1.165, 1.54) is 0 Å². The number of H-pyrrole nitrogens is 1. The van der Waals surface area contributed by atoms with Gasteiger partial charge in [0.25, 0.3) is 0 Å². The first-order valence-corrected chi connectivity index (χ1v) is 10.4. The van der Waals surface area contributed by atoms with E-state index in [1.54, 1.807) is 4.90 Å². The van der Waals surface area contributed by atoms with Crippen LogP contribution in [0.5, 0.6) is 0 Å². The van der Waals surface area contributed by atoms with Gasteiger partial charge in [0.2, 0.25) is 17.5 Å². The number of nitrogen functional groups attached to an aromatic ring is 2. The molecular weight excluding hydrogens is 366 g/mol. The fourth-order valence-corrected chi connectivity index (χ4v) is 4.07. The first kappa shape index (κ1) is 20.6. The number of rotatable bonds is 8. The summed E-state index contributed by atoms with van der Waals surface area (Å²) in [5.41, 5.74) is 13.8. The summed E-state index contributed by atoms with van der Waals surface area (Å²) in [5.74, 6) is 1.86. The maximum Gasteiger partial charge on any atom is 0.240 e. The van der Waals surface area contributed by atoms with Crippen LogP contribution in [0.25, 0.3) is 10.8 Å². The van der Waals surface area contributed by atoms with Crippen molar-refractivity contribution in [2.45, 2.75) is 52.9 Å². The lowest BCUT2D eigenvalue weighted by molar-refractivity contribution is -0.344. The van der Waals surface area contributed by atoms with Crippen LogP contribution in [-0.2, 0) is 11.2 Å². The quantitative estimate of drug-likeness (QED) is 0.705. The molecule has 1 aliphatic heterocycles. The zero-order chi connectivity index (χ0) is 21.1. The summed E-state index contributed by atoms with van der Waals surface area (Å²) in [4.78, 5) is 24.2. The summed E-state index contributed by atoms with van der Waals surface area (Å²) in [6, 6.07) is 2.35. The number of nitrogens with two attached hydrogens (primary N) is 2. The Morgan fingerprint density at radius 3 is 2.45 bits per heavy atom. The topological polar surface area (TPSA) is 126 Å². The van der Waals surface area contributed by atoms with Crippen LogP contribution in [0.15, 0.2) is 0 Å². The van der Waals surface area contributed by atoms with Crippen molar-refractivity contribution in [2.75, 3.05) is 40.9 Å². The van der Waals surface area contributed by atoms with Gasteiger partial charge in [0.05, 0.1) is 24.9 Å². The Morgan fingerprint density at radius 2 is 1.86 bits per heavy atom. The van der Waals surface area contributed by atoms with E-state index in [1.807, 2.05) is 0 Å². The van der Waals surface area contributed by atoms with E-state index in [0.717, 1.165) is 44.3 Å². The summed E-state index contributed by atoms with van der Waals surface area (Å²) in [7, 11) is 0. The number of pyridine rings is 2. The summed E-state index contributed by atoms with van der Waals surface area (Å²) < 4.78 is 0. The molecule has 0 atom stereocenters. The van der Waals surface area contributed by atoms with Crippen LogP contribution >= 0.6 is 0 Å². The number of aromatic nitrogens is 2. The minimum absolute atomic E-state index is 0.0105. The third kappa shape index (κ3) is 3.53. The Labute approximate surface area is 171 Å². The highest BCUT2D eigenvalue weighted by Gasteiger charge is 2.35. The predicted octanol–water partition coefficient (Wildman–Crippen LogP) is 2.40. The molecule has 0 saturated heterocycles. The van der Waals surface area contributed by atoms with Crippen LogP contribution in [0.3, 0.4) is 0 Å². The van der Waals surface area contributed by atoms with Crippen LogP contribution in [0.1, 0.15) is 57.6 Å². The van der Waals surface area contributed by atoms with Crippen molar-refractivity contribution in [3.05, 3.63) is 11.1 Å². The number of nitrogens with zero attached hydrogens (tertiary/aromatic N) is 4. The van der Waals surface area contributed by atoms with Gasteiger partial charge in [-0.1, -0.05) is 27.2 Å². The van der Waals surface area contributed by atoms with Crippen LogP contribution in [0, 0.1) is 11.3 Å². The van der Waals surface area contributed by atoms with E-state index in [2.05, 4.69) is 41.7 Å². The summed E-state index contributed by atoms with van der Waals surface area (Å²) in [5, 5.41) is 11.3. The van der Waals surface area contributed by atoms with Gasteiger partial charge in [-0.2, -0.15) is 5.26 Å². The number of fused-ring (bicyclic) bond motifs is 3. The SMILES string of the molecule is CCCCN1C(=O)Cc2c1nc(N)c1c(N)[nH+]c(N(CCC)CCC)c(C#N)c21. The molecule has 0 radical (unpaired) electrons. The fraction of sp³-hybridized carbons (Fsp3) is 0.524. The fourth-order valence-electron chi connectivity index (χ4n) is 4.07. The van der Waals surface area contributed by atoms with E-state index in [-0.39, 0.29) is 18.1 Å². The molecule has 154 valence electrons. The van der Waals surface area contributed by atoms with Gasteiger partial charge in [0.15, 0.2) is 0 Å². The van der Waals surface area contributed by atoms with Crippen molar-refractivity contribution in [1.29, 1.82) is 5.26 Å². The third-order valence-corrected chi connectivity index (χ3v) is 5.35. The molecule has 1 amide bonds. The average molecular weight is 397 g/mol. The van der Waals surface area contributed by atoms with Crippen LogP contribution < -0.4 is 26.3 Å². The molecule has 0 aliphatic carbocycles. The minimum Gasteiger partial charge on any atom is -0.383 e. The molecule has 0 bridgehead atoms. The van der Waals surface area contributed by atoms with Crippen LogP contribution in [0.2, 0.25) is 0 Å². The minimum atomic E-state index is -0.0105. The molecule has 3 rings (SSSR count). The largest absolute Gasteiger partial charge is 0.383 e. The molecule has 0 saturated carbocycles. The van der Waals surface area contributed by atoms with Crippen molar-refractivity contribution in [3.63, 3.8) is 0 Å². The molecule has 5 N–H and O–H groups in total. The maximum atomic E-state index is 12.7. The van der Waals surface area contributed by atoms with Gasteiger partial charge in [-0.25, -0.2) is 9.97 Å². The predicted molar refractivity (Wildman–Crippen MR) is 116 cm³/mol. The zero-order valence-electron chi connectivity index (χ0n) is 17.5. The van der Waals surface area contributed by atoms with E-state index >= 15 is 0 Å². The number of nitrogens with one attached hydrogen (secondary N) is 1. The molecule has 1 aliphatic rings. The molecule has 0 spiro atoms. The molecule has 0 fully saturated rings.